The van der Waals surface area contributed by atoms with E-state index in [0.717, 1.165) is 42.6 Å². The standard InChI is InChI=1S/C22H26BrFN2/c1-25-14-18(20-4-2-3-5-22(20)25)15-26-10-8-16(9-11-26)12-17-13-19(24)6-7-21(17)23/h2-7,13,16,18H,8-12,14-15H2,1H3. The van der Waals surface area contributed by atoms with Crippen LogP contribution in [0.2, 0.25) is 0 Å². The molecule has 2 aliphatic heterocycles. The van der Waals surface area contributed by atoms with Gasteiger partial charge in [-0.2, -0.15) is 0 Å². The SMILES string of the molecule is CN1CC(CN2CCC(Cc3cc(F)ccc3Br)CC2)c2ccccc21. The van der Waals surface area contributed by atoms with Gasteiger partial charge < -0.3 is 9.80 Å². The van der Waals surface area contributed by atoms with Crippen molar-refractivity contribution in [2.45, 2.75) is 25.2 Å². The van der Waals surface area contributed by atoms with E-state index in [-0.39, 0.29) is 5.82 Å². The summed E-state index contributed by atoms with van der Waals surface area (Å²) in [6.45, 7) is 4.58. The lowest BCUT2D eigenvalue weighted by atomic mass is 9.89. The molecule has 0 bridgehead atoms. The third-order valence-corrected chi connectivity index (χ3v) is 6.76. The van der Waals surface area contributed by atoms with E-state index in [1.165, 1.54) is 30.2 Å². The Morgan fingerprint density at radius 1 is 1.12 bits per heavy atom. The fourth-order valence-electron chi connectivity index (χ4n) is 4.56. The number of para-hydroxylation sites is 1. The summed E-state index contributed by atoms with van der Waals surface area (Å²) in [7, 11) is 2.20. The highest BCUT2D eigenvalue weighted by atomic mass is 79.9. The Bertz CT molecular complexity index is 770. The zero-order valence-electron chi connectivity index (χ0n) is 15.3. The summed E-state index contributed by atoms with van der Waals surface area (Å²) >= 11 is 3.57. The quantitative estimate of drug-likeness (QED) is 0.685. The number of anilines is 1. The molecule has 0 amide bonds. The highest BCUT2D eigenvalue weighted by Crippen LogP contribution is 2.36. The molecule has 4 rings (SSSR count). The number of hydrogen-bond donors (Lipinski definition) is 0. The van der Waals surface area contributed by atoms with Gasteiger partial charge in [-0.25, -0.2) is 4.39 Å². The monoisotopic (exact) mass is 416 g/mol. The molecule has 0 aliphatic carbocycles. The first-order valence-electron chi connectivity index (χ1n) is 9.56. The predicted octanol–water partition coefficient (Wildman–Crippen LogP) is 5.08. The molecule has 2 aliphatic rings. The molecule has 1 unspecified atom stereocenters. The minimum Gasteiger partial charge on any atom is -0.374 e. The molecule has 0 radical (unpaired) electrons. The van der Waals surface area contributed by atoms with Gasteiger partial charge >= 0.3 is 0 Å². The van der Waals surface area contributed by atoms with Crippen molar-refractivity contribution >= 4 is 21.6 Å². The van der Waals surface area contributed by atoms with Crippen LogP contribution in [0, 0.1) is 11.7 Å². The normalized spacial score (nSPS) is 21.2. The summed E-state index contributed by atoms with van der Waals surface area (Å²) in [4.78, 5) is 5.01. The van der Waals surface area contributed by atoms with Crippen molar-refractivity contribution in [2.75, 3.05) is 38.1 Å². The lowest BCUT2D eigenvalue weighted by Gasteiger charge is -2.33. The van der Waals surface area contributed by atoms with Gasteiger partial charge in [-0.1, -0.05) is 34.1 Å². The van der Waals surface area contributed by atoms with Gasteiger partial charge in [0.15, 0.2) is 0 Å². The Morgan fingerprint density at radius 3 is 2.69 bits per heavy atom. The van der Waals surface area contributed by atoms with E-state index in [2.05, 4.69) is 57.0 Å². The molecule has 2 aromatic rings. The Morgan fingerprint density at radius 2 is 1.88 bits per heavy atom. The molecule has 138 valence electrons. The number of benzene rings is 2. The third kappa shape index (κ3) is 3.81. The topological polar surface area (TPSA) is 6.48 Å². The second-order valence-corrected chi connectivity index (χ2v) is 8.67. The Kier molecular flexibility index (Phi) is 5.32. The predicted molar refractivity (Wildman–Crippen MR) is 109 cm³/mol. The van der Waals surface area contributed by atoms with Gasteiger partial charge in [0, 0.05) is 36.2 Å². The van der Waals surface area contributed by atoms with Crippen LogP contribution in [0.5, 0.6) is 0 Å². The van der Waals surface area contributed by atoms with E-state index < -0.39 is 0 Å². The van der Waals surface area contributed by atoms with Crippen molar-refractivity contribution in [3.05, 3.63) is 63.9 Å². The Labute approximate surface area is 164 Å². The van der Waals surface area contributed by atoms with Gasteiger partial charge in [0.2, 0.25) is 0 Å². The average Bonchev–Trinajstić information content (AvgIpc) is 2.96. The molecule has 2 nitrogen and oxygen atoms in total. The zero-order valence-corrected chi connectivity index (χ0v) is 16.9. The number of rotatable bonds is 4. The summed E-state index contributed by atoms with van der Waals surface area (Å²) in [5, 5.41) is 0. The molecule has 1 fully saturated rings. The van der Waals surface area contributed by atoms with Crippen LogP contribution in [0.4, 0.5) is 10.1 Å². The van der Waals surface area contributed by atoms with Crippen molar-refractivity contribution in [3.63, 3.8) is 0 Å². The molecular formula is C22H26BrFN2. The van der Waals surface area contributed by atoms with Crippen molar-refractivity contribution in [1.29, 1.82) is 0 Å². The van der Waals surface area contributed by atoms with E-state index in [9.17, 15) is 4.39 Å². The second-order valence-electron chi connectivity index (χ2n) is 7.82. The largest absolute Gasteiger partial charge is 0.374 e. The summed E-state index contributed by atoms with van der Waals surface area (Å²) in [6.07, 6.45) is 3.38. The highest BCUT2D eigenvalue weighted by Gasteiger charge is 2.29. The summed E-state index contributed by atoms with van der Waals surface area (Å²) in [5.41, 5.74) is 4.00. The first-order valence-corrected chi connectivity index (χ1v) is 10.4. The summed E-state index contributed by atoms with van der Waals surface area (Å²) in [6, 6.07) is 13.8. The maximum absolute atomic E-state index is 13.5. The minimum absolute atomic E-state index is 0.135. The number of nitrogens with zero attached hydrogens (tertiary/aromatic N) is 2. The number of piperidine rings is 1. The first-order chi connectivity index (χ1) is 12.6. The van der Waals surface area contributed by atoms with Gasteiger partial charge in [0.1, 0.15) is 5.82 Å². The van der Waals surface area contributed by atoms with E-state index >= 15 is 0 Å². The molecule has 0 aromatic heterocycles. The van der Waals surface area contributed by atoms with Crippen LogP contribution in [-0.4, -0.2) is 38.1 Å². The molecule has 2 heterocycles. The lowest BCUT2D eigenvalue weighted by Crippen LogP contribution is -2.37. The van der Waals surface area contributed by atoms with E-state index in [1.807, 2.05) is 6.07 Å². The zero-order chi connectivity index (χ0) is 18.1. The number of halogens is 2. The molecule has 26 heavy (non-hydrogen) atoms. The lowest BCUT2D eigenvalue weighted by molar-refractivity contribution is 0.176. The maximum Gasteiger partial charge on any atom is 0.123 e. The highest BCUT2D eigenvalue weighted by molar-refractivity contribution is 9.10. The number of likely N-dealkylation sites (N-methyl/N-ethyl adjacent to an activating group) is 1. The molecule has 4 heteroatoms. The van der Waals surface area contributed by atoms with Crippen molar-refractivity contribution in [2.24, 2.45) is 5.92 Å². The number of hydrogen-bond acceptors (Lipinski definition) is 2. The fourth-order valence-corrected chi connectivity index (χ4v) is 4.97. The van der Waals surface area contributed by atoms with E-state index in [1.54, 1.807) is 6.07 Å². The molecule has 2 aromatic carbocycles. The van der Waals surface area contributed by atoms with Gasteiger partial charge in [-0.05, 0) is 73.7 Å². The molecule has 0 spiro atoms. The van der Waals surface area contributed by atoms with Crippen LogP contribution in [0.25, 0.3) is 0 Å². The van der Waals surface area contributed by atoms with Crippen molar-refractivity contribution < 1.29 is 4.39 Å². The average molecular weight is 417 g/mol. The van der Waals surface area contributed by atoms with Crippen LogP contribution >= 0.6 is 15.9 Å². The molecule has 1 saturated heterocycles. The molecule has 1 atom stereocenters. The van der Waals surface area contributed by atoms with Crippen LogP contribution in [0.3, 0.4) is 0 Å². The van der Waals surface area contributed by atoms with Crippen LogP contribution in [0.15, 0.2) is 46.9 Å². The second kappa shape index (κ2) is 7.69. The molecular weight excluding hydrogens is 391 g/mol. The summed E-state index contributed by atoms with van der Waals surface area (Å²) < 4.78 is 14.5. The first kappa shape index (κ1) is 18.0. The molecule has 0 saturated carbocycles. The van der Waals surface area contributed by atoms with Gasteiger partial charge in [-0.3, -0.25) is 0 Å². The van der Waals surface area contributed by atoms with E-state index in [0.29, 0.717) is 11.8 Å². The van der Waals surface area contributed by atoms with Crippen molar-refractivity contribution in [1.82, 2.24) is 4.90 Å². The number of fused-ring (bicyclic) bond motifs is 1. The number of likely N-dealkylation sites (tertiary alicyclic amines) is 1. The van der Waals surface area contributed by atoms with Crippen LogP contribution in [0.1, 0.15) is 29.9 Å². The summed E-state index contributed by atoms with van der Waals surface area (Å²) in [5.74, 6) is 1.14. The van der Waals surface area contributed by atoms with Gasteiger partial charge in [0.05, 0.1) is 0 Å². The Balaban J connectivity index is 1.33. The van der Waals surface area contributed by atoms with Crippen LogP contribution < -0.4 is 4.90 Å². The smallest absolute Gasteiger partial charge is 0.123 e. The molecule has 0 N–H and O–H groups in total. The van der Waals surface area contributed by atoms with Crippen LogP contribution in [-0.2, 0) is 6.42 Å². The minimum atomic E-state index is -0.135. The maximum atomic E-state index is 13.5. The Hall–Kier alpha value is -1.39. The van der Waals surface area contributed by atoms with E-state index in [4.69, 9.17) is 0 Å². The third-order valence-electron chi connectivity index (χ3n) is 5.98. The van der Waals surface area contributed by atoms with Gasteiger partial charge in [-0.15, -0.1) is 0 Å². The van der Waals surface area contributed by atoms with Gasteiger partial charge in [0.25, 0.3) is 0 Å². The van der Waals surface area contributed by atoms with Crippen molar-refractivity contribution in [3.8, 4) is 0 Å². The fraction of sp³-hybridized carbons (Fsp3) is 0.455.